The number of aromatic nitrogens is 3. The number of ether oxygens (including phenoxy) is 3. The molecule has 6 fully saturated rings. The third-order valence-corrected chi connectivity index (χ3v) is 17.0. The second kappa shape index (κ2) is 29.4. The maximum atomic E-state index is 14.7. The maximum absolute atomic E-state index is 14.7. The van der Waals surface area contributed by atoms with E-state index >= 15 is 0 Å². The SMILES string of the molecule is Cc1cc([C@@H]2C[C@H]2C(=O)Nc2cc(-c3ccc(OC4CCOCC4)c(C#N)c3)ccn2)on1.N#Cc1cc(-c2cc(NC(=O)C3CC3)ccn2)ccc1O[C@H]1CCN(C(=O)[C@@H](O)CO)C[C@H]1F.N#Cc1cc(-c2cccc(NC(=O)C3C[C@H]3F)c2)ccc1N1CCCC1. The Balaban J connectivity index is 0.000000144. The number of benzene rings is 4. The zero-order valence-corrected chi connectivity index (χ0v) is 51.1. The minimum Gasteiger partial charge on any atom is -0.489 e. The smallest absolute Gasteiger partial charge is 0.253 e. The number of carbonyl (C=O) groups is 4. The second-order valence-corrected chi connectivity index (χ2v) is 23.9. The molecular weight excluding hydrogens is 1190 g/mol. The van der Waals surface area contributed by atoms with Crippen molar-refractivity contribution in [3.8, 4) is 63.2 Å². The summed E-state index contributed by atoms with van der Waals surface area (Å²) in [4.78, 5) is 60.6. The first-order chi connectivity index (χ1) is 45.1. The number of piperidine rings is 1. The number of alkyl halides is 2. The molecule has 23 heteroatoms. The Kier molecular flexibility index (Phi) is 20.4. The molecule has 4 amide bonds. The summed E-state index contributed by atoms with van der Waals surface area (Å²) in [6, 6.07) is 39.3. The summed E-state index contributed by atoms with van der Waals surface area (Å²) in [5.41, 5.74) is 9.16. The molecule has 0 bridgehead atoms. The lowest BCUT2D eigenvalue weighted by Crippen LogP contribution is -2.52. The van der Waals surface area contributed by atoms with Crippen molar-refractivity contribution in [3.05, 3.63) is 150 Å². The molecule has 93 heavy (non-hydrogen) atoms. The van der Waals surface area contributed by atoms with Crippen LogP contribution in [0.2, 0.25) is 0 Å². The van der Waals surface area contributed by atoms with E-state index in [0.29, 0.717) is 65.0 Å². The first-order valence-corrected chi connectivity index (χ1v) is 31.2. The number of hydrogen-bond donors (Lipinski definition) is 5. The van der Waals surface area contributed by atoms with E-state index in [9.17, 15) is 48.9 Å². The van der Waals surface area contributed by atoms with E-state index < -0.39 is 43.0 Å². The Morgan fingerprint density at radius 1 is 0.667 bits per heavy atom. The summed E-state index contributed by atoms with van der Waals surface area (Å²) in [6.07, 6.45) is 5.29. The van der Waals surface area contributed by atoms with Crippen LogP contribution in [0.15, 0.2) is 126 Å². The topological polar surface area (TPSA) is 302 Å². The van der Waals surface area contributed by atoms with Gasteiger partial charge < -0.3 is 54.7 Å². The van der Waals surface area contributed by atoms with Crippen molar-refractivity contribution in [2.45, 2.75) is 101 Å². The molecule has 3 saturated carbocycles. The predicted octanol–water partition coefficient (Wildman–Crippen LogP) is 9.98. The molecule has 3 aliphatic heterocycles. The number of nitrogens with zero attached hydrogens (tertiary/aromatic N) is 8. The van der Waals surface area contributed by atoms with E-state index in [1.165, 1.54) is 0 Å². The maximum Gasteiger partial charge on any atom is 0.253 e. The lowest BCUT2D eigenvalue weighted by Gasteiger charge is -2.35. The highest BCUT2D eigenvalue weighted by atomic mass is 19.1. The highest BCUT2D eigenvalue weighted by Crippen LogP contribution is 2.48. The molecule has 3 aliphatic carbocycles. The quantitative estimate of drug-likeness (QED) is 0.0566. The first kappa shape index (κ1) is 64.4. The van der Waals surface area contributed by atoms with E-state index in [-0.39, 0.29) is 72.4 Å². The van der Waals surface area contributed by atoms with Crippen LogP contribution < -0.4 is 30.3 Å². The molecule has 0 spiro atoms. The van der Waals surface area contributed by atoms with Gasteiger partial charge in [-0.3, -0.25) is 24.2 Å². The standard InChI is InChI=1S/C25H24N4O4.C24H25FN4O5.C21H20FN3O/c1-15-10-23(33-29-15)20-13-21(20)25(30)28-24-12-17(4-7-27-24)16-2-3-22(18(11-16)14-26)32-19-5-8-31-9-6-19;25-18-12-29(24(33)20(31)13-30)8-6-22(18)34-21-4-3-15(9-16(21)11-26)19-10-17(5-7-27-19)28-23(32)14-1-2-14;22-19-12-18(19)21(26)24-17-5-3-4-14(11-17)15-6-7-20(16(10-15)13-23)25-8-1-2-9-25/h2-4,7,10-12,19-21H,5-6,8-9,13H2,1H3,(H,27,28,30);3-5,7,9-10,14,18,20,22,30-31H,1-2,6,8,12-13H2,(H,27,28,32);3-7,10-11,18-19H,1-2,8-9,12H2,(H,24,26)/t20-,21-;18-,20+,22+;18?,19-/m111/s1. The van der Waals surface area contributed by atoms with Gasteiger partial charge in [-0.15, -0.1) is 0 Å². The molecule has 0 radical (unpaired) electrons. The van der Waals surface area contributed by atoms with Crippen LogP contribution in [0.4, 0.5) is 31.7 Å². The van der Waals surface area contributed by atoms with Crippen LogP contribution in [0.1, 0.15) is 91.8 Å². The number of pyridine rings is 2. The molecule has 13 rings (SSSR count). The van der Waals surface area contributed by atoms with Crippen LogP contribution in [-0.4, -0.2) is 131 Å². The monoisotopic (exact) mass is 1260 g/mol. The van der Waals surface area contributed by atoms with E-state index in [4.69, 9.17) is 23.8 Å². The Hall–Kier alpha value is -10.1. The van der Waals surface area contributed by atoms with Crippen molar-refractivity contribution in [1.82, 2.24) is 20.0 Å². The van der Waals surface area contributed by atoms with Gasteiger partial charge in [0.2, 0.25) is 17.7 Å². The minimum atomic E-state index is -1.57. The molecule has 21 nitrogen and oxygen atoms in total. The summed E-state index contributed by atoms with van der Waals surface area (Å²) in [6.45, 7) is 4.36. The number of aliphatic hydroxyl groups excluding tert-OH is 2. The van der Waals surface area contributed by atoms with Crippen LogP contribution in [0.5, 0.6) is 11.5 Å². The average molecular weight is 1260 g/mol. The van der Waals surface area contributed by atoms with E-state index in [0.717, 1.165) is 102 Å². The molecular formula is C70H69F2N11O10. The number of likely N-dealkylation sites (tertiary alicyclic amines) is 1. The van der Waals surface area contributed by atoms with E-state index in [1.807, 2.05) is 73.7 Å². The Morgan fingerprint density at radius 3 is 1.98 bits per heavy atom. The summed E-state index contributed by atoms with van der Waals surface area (Å²) < 4.78 is 50.2. The normalized spacial score (nSPS) is 20.7. The molecule has 3 saturated heterocycles. The van der Waals surface area contributed by atoms with Gasteiger partial charge in [0.15, 0.2) is 12.3 Å². The number of amides is 4. The molecule has 3 aromatic heterocycles. The number of anilines is 4. The van der Waals surface area contributed by atoms with Gasteiger partial charge in [0.1, 0.15) is 59.7 Å². The van der Waals surface area contributed by atoms with E-state index in [1.54, 1.807) is 54.9 Å². The summed E-state index contributed by atoms with van der Waals surface area (Å²) in [5, 5.41) is 59.7. The Morgan fingerprint density at radius 2 is 1.30 bits per heavy atom. The van der Waals surface area contributed by atoms with Crippen LogP contribution in [0.25, 0.3) is 33.5 Å². The van der Waals surface area contributed by atoms with Crippen molar-refractivity contribution < 1.29 is 56.9 Å². The van der Waals surface area contributed by atoms with Gasteiger partial charge in [-0.2, -0.15) is 15.8 Å². The van der Waals surface area contributed by atoms with Gasteiger partial charge in [0, 0.05) is 92.0 Å². The molecule has 7 aromatic rings. The number of nitriles is 3. The molecule has 1 unspecified atom stereocenters. The van der Waals surface area contributed by atoms with Gasteiger partial charge >= 0.3 is 0 Å². The number of aryl methyl sites for hydroxylation is 1. The number of nitrogens with one attached hydrogen (secondary N) is 3. The zero-order valence-electron chi connectivity index (χ0n) is 51.1. The molecule has 4 aromatic carbocycles. The Bertz CT molecular complexity index is 4020. The lowest BCUT2D eigenvalue weighted by molar-refractivity contribution is -0.146. The zero-order chi connectivity index (χ0) is 65.1. The van der Waals surface area contributed by atoms with Crippen molar-refractivity contribution >= 4 is 46.5 Å². The number of aliphatic hydroxyl groups is 2. The van der Waals surface area contributed by atoms with Gasteiger partial charge in [0.05, 0.1) is 66.0 Å². The third kappa shape index (κ3) is 16.3. The number of hydrogen-bond acceptors (Lipinski definition) is 17. The lowest BCUT2D eigenvalue weighted by atomic mass is 10.0. The second-order valence-electron chi connectivity index (χ2n) is 23.9. The molecule has 6 heterocycles. The number of halogens is 2. The Labute approximate surface area is 535 Å². The minimum absolute atomic E-state index is 0.0157. The predicted molar refractivity (Wildman–Crippen MR) is 339 cm³/mol. The largest absolute Gasteiger partial charge is 0.489 e. The van der Waals surface area contributed by atoms with E-state index in [2.05, 4.69) is 54.2 Å². The van der Waals surface area contributed by atoms with Crippen LogP contribution in [-0.2, 0) is 23.9 Å². The third-order valence-electron chi connectivity index (χ3n) is 17.0. The highest BCUT2D eigenvalue weighted by Gasteiger charge is 2.47. The first-order valence-electron chi connectivity index (χ1n) is 31.2. The van der Waals surface area contributed by atoms with Crippen molar-refractivity contribution in [2.24, 2.45) is 17.8 Å². The fourth-order valence-electron chi connectivity index (χ4n) is 11.4. The van der Waals surface area contributed by atoms with Crippen molar-refractivity contribution in [2.75, 3.05) is 66.8 Å². The van der Waals surface area contributed by atoms with Crippen LogP contribution in [0.3, 0.4) is 0 Å². The number of rotatable bonds is 17. The van der Waals surface area contributed by atoms with Gasteiger partial charge in [0.25, 0.3) is 5.91 Å². The fourth-order valence-corrected chi connectivity index (χ4v) is 11.4. The summed E-state index contributed by atoms with van der Waals surface area (Å²) in [7, 11) is 0. The molecule has 7 atom stereocenters. The summed E-state index contributed by atoms with van der Waals surface area (Å²) >= 11 is 0. The number of carbonyl (C=O) groups excluding carboxylic acids is 4. The highest BCUT2D eigenvalue weighted by molar-refractivity contribution is 5.96. The van der Waals surface area contributed by atoms with Crippen LogP contribution >= 0.6 is 0 Å². The van der Waals surface area contributed by atoms with Crippen LogP contribution in [0, 0.1) is 58.7 Å². The fraction of sp³-hybridized carbons (Fsp3) is 0.371. The molecule has 6 aliphatic rings. The van der Waals surface area contributed by atoms with Gasteiger partial charge in [-0.25, -0.2) is 13.8 Å². The summed E-state index contributed by atoms with van der Waals surface area (Å²) in [5.74, 6) is 0.404. The molecule has 5 N–H and O–H groups in total. The van der Waals surface area contributed by atoms with Crippen molar-refractivity contribution in [3.63, 3.8) is 0 Å². The average Bonchev–Trinajstić information content (AvgIpc) is 1.77. The van der Waals surface area contributed by atoms with Gasteiger partial charge in [-0.05, 0) is 147 Å². The van der Waals surface area contributed by atoms with Crippen molar-refractivity contribution in [1.29, 1.82) is 15.8 Å². The molecule has 478 valence electrons. The van der Waals surface area contributed by atoms with Gasteiger partial charge in [-0.1, -0.05) is 29.4 Å².